The summed E-state index contributed by atoms with van der Waals surface area (Å²) in [4.78, 5) is 0. The molecule has 0 spiro atoms. The average molecular weight is 243 g/mol. The van der Waals surface area contributed by atoms with E-state index in [9.17, 15) is 0 Å². The fourth-order valence-electron chi connectivity index (χ4n) is 1.58. The van der Waals surface area contributed by atoms with Crippen molar-refractivity contribution in [1.29, 1.82) is 0 Å². The topological polar surface area (TPSA) is 0 Å². The van der Waals surface area contributed by atoms with E-state index in [0.29, 0.717) is 0 Å². The largest absolute Gasteiger partial charge is 0.165 e. The highest BCUT2D eigenvalue weighted by Gasteiger charge is 2.05. The molecule has 1 unspecified atom stereocenters. The number of unbranched alkanes of at least 4 members (excludes halogenated alkanes) is 2. The third kappa shape index (κ3) is 5.48. The van der Waals surface area contributed by atoms with E-state index in [1.807, 2.05) is 17.8 Å². The van der Waals surface area contributed by atoms with Gasteiger partial charge in [0.25, 0.3) is 0 Å². The van der Waals surface area contributed by atoms with Crippen molar-refractivity contribution >= 4 is 23.4 Å². The summed E-state index contributed by atoms with van der Waals surface area (Å²) in [5.74, 6) is 1.28. The summed E-state index contributed by atoms with van der Waals surface area (Å²) in [5, 5.41) is 0.195. The molecule has 0 fully saturated rings. The Labute approximate surface area is 102 Å². The fraction of sp³-hybridized carbons (Fsp3) is 0.538. The molecular weight excluding hydrogens is 224 g/mol. The summed E-state index contributed by atoms with van der Waals surface area (Å²) in [6.07, 6.45) is 7.12. The summed E-state index contributed by atoms with van der Waals surface area (Å²) in [7, 11) is 0. The van der Waals surface area contributed by atoms with Gasteiger partial charge in [0.2, 0.25) is 0 Å². The Balaban J connectivity index is 2.16. The third-order valence-corrected chi connectivity index (χ3v) is 3.63. The zero-order chi connectivity index (χ0) is 10.9. The van der Waals surface area contributed by atoms with Gasteiger partial charge in [0, 0.05) is 0 Å². The number of rotatable bonds is 7. The first-order valence-electron chi connectivity index (χ1n) is 5.52. The van der Waals surface area contributed by atoms with Gasteiger partial charge in [-0.1, -0.05) is 43.2 Å². The molecule has 1 aromatic rings. The van der Waals surface area contributed by atoms with Crippen molar-refractivity contribution < 1.29 is 0 Å². The summed E-state index contributed by atoms with van der Waals surface area (Å²) in [6, 6.07) is 10.4. The number of benzene rings is 1. The predicted octanol–water partition coefficient (Wildman–Crippen LogP) is 4.89. The van der Waals surface area contributed by atoms with Crippen LogP contribution in [-0.2, 0) is 0 Å². The van der Waals surface area contributed by atoms with Crippen LogP contribution in [0.1, 0.15) is 36.6 Å². The van der Waals surface area contributed by atoms with E-state index in [1.165, 1.54) is 30.6 Å². The highest BCUT2D eigenvalue weighted by Crippen LogP contribution is 2.26. The second-order valence-corrected chi connectivity index (χ2v) is 5.23. The van der Waals surface area contributed by atoms with Crippen LogP contribution in [0.2, 0.25) is 0 Å². The minimum Gasteiger partial charge on any atom is -0.165 e. The minimum atomic E-state index is 0.195. The van der Waals surface area contributed by atoms with Crippen LogP contribution in [-0.4, -0.2) is 12.0 Å². The van der Waals surface area contributed by atoms with Crippen molar-refractivity contribution in [2.75, 3.05) is 12.0 Å². The van der Waals surface area contributed by atoms with Crippen molar-refractivity contribution in [3.63, 3.8) is 0 Å². The summed E-state index contributed by atoms with van der Waals surface area (Å²) >= 11 is 8.24. The molecule has 15 heavy (non-hydrogen) atoms. The van der Waals surface area contributed by atoms with Crippen LogP contribution in [0.4, 0.5) is 0 Å². The smallest absolute Gasteiger partial charge is 0.0585 e. The van der Waals surface area contributed by atoms with Gasteiger partial charge >= 0.3 is 0 Å². The molecule has 0 aliphatic rings. The van der Waals surface area contributed by atoms with Gasteiger partial charge in [-0.15, -0.1) is 11.6 Å². The van der Waals surface area contributed by atoms with Crippen LogP contribution < -0.4 is 0 Å². The second-order valence-electron chi connectivity index (χ2n) is 3.72. The van der Waals surface area contributed by atoms with E-state index >= 15 is 0 Å². The van der Waals surface area contributed by atoms with Gasteiger partial charge in [-0.05, 0) is 30.4 Å². The van der Waals surface area contributed by atoms with E-state index in [1.54, 1.807) is 0 Å². The third-order valence-electron chi connectivity index (χ3n) is 2.47. The summed E-state index contributed by atoms with van der Waals surface area (Å²) in [6.45, 7) is 0. The Bertz CT molecular complexity index is 248. The first-order valence-corrected chi connectivity index (χ1v) is 7.35. The van der Waals surface area contributed by atoms with Crippen LogP contribution in [0.15, 0.2) is 30.3 Å². The average Bonchev–Trinajstić information content (AvgIpc) is 2.30. The lowest BCUT2D eigenvalue weighted by molar-refractivity contribution is 0.658. The SMILES string of the molecule is CSCCCCCC(Cl)c1ccccc1. The van der Waals surface area contributed by atoms with E-state index in [-0.39, 0.29) is 5.38 Å². The molecule has 0 saturated heterocycles. The Kier molecular flexibility index (Phi) is 6.95. The Morgan fingerprint density at radius 2 is 1.87 bits per heavy atom. The molecule has 0 amide bonds. The van der Waals surface area contributed by atoms with Crippen molar-refractivity contribution in [2.24, 2.45) is 0 Å². The maximum atomic E-state index is 6.31. The maximum absolute atomic E-state index is 6.31. The van der Waals surface area contributed by atoms with E-state index in [0.717, 1.165) is 6.42 Å². The first-order chi connectivity index (χ1) is 7.34. The van der Waals surface area contributed by atoms with Gasteiger partial charge in [0.1, 0.15) is 0 Å². The zero-order valence-electron chi connectivity index (χ0n) is 9.29. The predicted molar refractivity (Wildman–Crippen MR) is 71.9 cm³/mol. The normalized spacial score (nSPS) is 12.7. The molecule has 0 aliphatic heterocycles. The molecule has 0 aromatic heterocycles. The molecule has 2 heteroatoms. The zero-order valence-corrected chi connectivity index (χ0v) is 10.9. The lowest BCUT2D eigenvalue weighted by Crippen LogP contribution is -1.90. The number of thioether (sulfide) groups is 1. The number of hydrogen-bond donors (Lipinski definition) is 0. The standard InChI is InChI=1S/C13H19ClS/c1-15-11-7-3-6-10-13(14)12-8-4-2-5-9-12/h2,4-5,8-9,13H,3,6-7,10-11H2,1H3. The molecule has 1 rings (SSSR count). The molecule has 0 bridgehead atoms. The number of alkyl halides is 1. The Morgan fingerprint density at radius 1 is 1.13 bits per heavy atom. The van der Waals surface area contributed by atoms with Crippen LogP contribution >= 0.6 is 23.4 Å². The van der Waals surface area contributed by atoms with Crippen molar-refractivity contribution in [2.45, 2.75) is 31.1 Å². The molecule has 1 aromatic carbocycles. The van der Waals surface area contributed by atoms with E-state index in [4.69, 9.17) is 11.6 Å². The lowest BCUT2D eigenvalue weighted by atomic mass is 10.1. The van der Waals surface area contributed by atoms with Crippen LogP contribution in [0.5, 0.6) is 0 Å². The monoisotopic (exact) mass is 242 g/mol. The molecule has 0 radical (unpaired) electrons. The quantitative estimate of drug-likeness (QED) is 0.485. The second kappa shape index (κ2) is 8.06. The van der Waals surface area contributed by atoms with Crippen molar-refractivity contribution in [1.82, 2.24) is 0 Å². The highest BCUT2D eigenvalue weighted by molar-refractivity contribution is 7.98. The van der Waals surface area contributed by atoms with Crippen LogP contribution in [0.25, 0.3) is 0 Å². The molecule has 0 aliphatic carbocycles. The lowest BCUT2D eigenvalue weighted by Gasteiger charge is -2.09. The fourth-order valence-corrected chi connectivity index (χ4v) is 2.37. The van der Waals surface area contributed by atoms with Crippen molar-refractivity contribution in [3.8, 4) is 0 Å². The van der Waals surface area contributed by atoms with Gasteiger partial charge in [-0.3, -0.25) is 0 Å². The summed E-state index contributed by atoms with van der Waals surface area (Å²) < 4.78 is 0. The number of halogens is 1. The highest BCUT2D eigenvalue weighted by atomic mass is 35.5. The minimum absolute atomic E-state index is 0.195. The molecule has 0 heterocycles. The molecular formula is C13H19ClS. The van der Waals surface area contributed by atoms with E-state index < -0.39 is 0 Å². The molecule has 84 valence electrons. The maximum Gasteiger partial charge on any atom is 0.0585 e. The van der Waals surface area contributed by atoms with Crippen LogP contribution in [0.3, 0.4) is 0 Å². The van der Waals surface area contributed by atoms with Gasteiger partial charge in [0.05, 0.1) is 5.38 Å². The van der Waals surface area contributed by atoms with Gasteiger partial charge in [-0.2, -0.15) is 11.8 Å². The molecule has 1 atom stereocenters. The molecule has 0 nitrogen and oxygen atoms in total. The number of hydrogen-bond acceptors (Lipinski definition) is 1. The van der Waals surface area contributed by atoms with Gasteiger partial charge < -0.3 is 0 Å². The van der Waals surface area contributed by atoms with Crippen LogP contribution in [0, 0.1) is 0 Å². The van der Waals surface area contributed by atoms with Gasteiger partial charge in [0.15, 0.2) is 0 Å². The summed E-state index contributed by atoms with van der Waals surface area (Å²) in [5.41, 5.74) is 1.25. The van der Waals surface area contributed by atoms with Gasteiger partial charge in [-0.25, -0.2) is 0 Å². The Morgan fingerprint density at radius 3 is 2.53 bits per heavy atom. The first kappa shape index (κ1) is 12.9. The van der Waals surface area contributed by atoms with Crippen molar-refractivity contribution in [3.05, 3.63) is 35.9 Å². The Hall–Kier alpha value is -0.140. The molecule has 0 N–H and O–H groups in total. The molecule has 0 saturated carbocycles. The van der Waals surface area contributed by atoms with E-state index in [2.05, 4.69) is 30.5 Å².